The number of aryl methyl sites for hydroxylation is 1. The lowest BCUT2D eigenvalue weighted by Crippen LogP contribution is -2.15. The van der Waals surface area contributed by atoms with Gasteiger partial charge in [0, 0.05) is 59.4 Å². The smallest absolute Gasteiger partial charge is 0.267 e. The molecule has 0 saturated carbocycles. The van der Waals surface area contributed by atoms with Crippen molar-refractivity contribution in [2.45, 2.75) is 38.1 Å². The Labute approximate surface area is 306 Å². The van der Waals surface area contributed by atoms with E-state index in [0.717, 1.165) is 52.7 Å². The Balaban J connectivity index is 0.000000193. The first-order chi connectivity index (χ1) is 25.6. The molecule has 1 amide bonds. The lowest BCUT2D eigenvalue weighted by atomic mass is 10.1. The largest absolute Gasteiger partial charge is 0.368 e. The molecule has 3 aromatic carbocycles. The molecule has 7 rings (SSSR count). The Hall–Kier alpha value is -6.38. The van der Waals surface area contributed by atoms with Crippen molar-refractivity contribution >= 4 is 55.6 Å². The van der Waals surface area contributed by atoms with Crippen molar-refractivity contribution in [3.05, 3.63) is 133 Å². The van der Waals surface area contributed by atoms with Crippen LogP contribution in [0.25, 0.3) is 39.5 Å². The molecule has 53 heavy (non-hydrogen) atoms. The van der Waals surface area contributed by atoms with Crippen LogP contribution < -0.4 is 15.5 Å². The lowest BCUT2D eigenvalue weighted by Gasteiger charge is -2.11. The quantitative estimate of drug-likeness (QED) is 0.0537. The van der Waals surface area contributed by atoms with Crippen molar-refractivity contribution in [1.29, 1.82) is 0 Å². The number of imidazole rings is 1. The fourth-order valence-corrected chi connectivity index (χ4v) is 6.71. The molecule has 0 saturated heterocycles. The molecule has 0 atom stereocenters. The summed E-state index contributed by atoms with van der Waals surface area (Å²) in [4.78, 5) is 32.9. The van der Waals surface area contributed by atoms with E-state index in [9.17, 15) is 13.2 Å². The number of para-hydroxylation sites is 2. The number of H-pyrrole nitrogens is 1. The minimum atomic E-state index is -3.71. The zero-order valence-electron chi connectivity index (χ0n) is 29.4. The van der Waals surface area contributed by atoms with E-state index in [4.69, 9.17) is 15.2 Å². The second-order valence-electron chi connectivity index (χ2n) is 12.5. The van der Waals surface area contributed by atoms with Gasteiger partial charge in [-0.3, -0.25) is 19.7 Å². The van der Waals surface area contributed by atoms with Gasteiger partial charge in [0.15, 0.2) is 17.3 Å². The van der Waals surface area contributed by atoms with E-state index in [2.05, 4.69) is 73.9 Å². The Kier molecular flexibility index (Phi) is 11.2. The number of nitrogens with one attached hydrogen (secondary N) is 4. The molecule has 0 aliphatic rings. The van der Waals surface area contributed by atoms with Gasteiger partial charge in [0.05, 0.1) is 11.2 Å². The summed E-state index contributed by atoms with van der Waals surface area (Å²) >= 11 is 0. The molecule has 0 fully saturated rings. The van der Waals surface area contributed by atoms with Crippen LogP contribution in [0.5, 0.6) is 0 Å². The van der Waals surface area contributed by atoms with Gasteiger partial charge in [-0.15, -0.1) is 0 Å². The fourth-order valence-electron chi connectivity index (χ4n) is 5.59. The van der Waals surface area contributed by atoms with Crippen LogP contribution in [-0.4, -0.2) is 55.6 Å². The molecule has 0 aliphatic heterocycles. The topological polar surface area (TPSA) is 180 Å². The third-order valence-corrected chi connectivity index (χ3v) is 9.58. The van der Waals surface area contributed by atoms with E-state index in [0.29, 0.717) is 17.1 Å². The second-order valence-corrected chi connectivity index (χ2v) is 14.1. The maximum Gasteiger partial charge on any atom is 0.267 e. The first-order valence-corrected chi connectivity index (χ1v) is 18.3. The van der Waals surface area contributed by atoms with Crippen molar-refractivity contribution in [3.8, 4) is 11.4 Å². The van der Waals surface area contributed by atoms with Gasteiger partial charge >= 0.3 is 0 Å². The highest BCUT2D eigenvalue weighted by molar-refractivity contribution is 7.92. The van der Waals surface area contributed by atoms with E-state index >= 15 is 0 Å². The van der Waals surface area contributed by atoms with E-state index in [1.54, 1.807) is 48.7 Å². The van der Waals surface area contributed by atoms with Crippen LogP contribution in [0.2, 0.25) is 0 Å². The Morgan fingerprint density at radius 1 is 0.981 bits per heavy atom. The number of aromatic amines is 1. The third kappa shape index (κ3) is 8.92. The monoisotopic (exact) mass is 729 g/mol. The zero-order chi connectivity index (χ0) is 37.4. The van der Waals surface area contributed by atoms with E-state index in [1.165, 1.54) is 34.6 Å². The maximum absolute atomic E-state index is 12.3. The number of benzene rings is 3. The second kappa shape index (κ2) is 16.3. The van der Waals surface area contributed by atoms with Crippen LogP contribution in [0.4, 0.5) is 11.5 Å². The SMILES string of the molecule is Cc1cncc(-c2nc(NCCc3c[nH]c4ccccc34)c3ncn(C(C)C)c3n2)c1.O=C(C=Cc1cccc(S(=O)(=O)Nc2ccccc2)c1)NO. The Morgan fingerprint density at radius 2 is 1.77 bits per heavy atom. The van der Waals surface area contributed by atoms with Crippen LogP contribution in [-0.2, 0) is 21.2 Å². The third-order valence-electron chi connectivity index (χ3n) is 8.20. The number of nitrogens with zero attached hydrogens (tertiary/aromatic N) is 5. The number of carbonyl (C=O) groups excluding carboxylic acids is 1. The molecule has 4 aromatic heterocycles. The Morgan fingerprint density at radius 3 is 2.55 bits per heavy atom. The number of sulfonamides is 1. The van der Waals surface area contributed by atoms with Gasteiger partial charge in [0.1, 0.15) is 5.52 Å². The van der Waals surface area contributed by atoms with Gasteiger partial charge in [-0.05, 0) is 86.4 Å². The van der Waals surface area contributed by atoms with Gasteiger partial charge in [-0.1, -0.05) is 48.5 Å². The van der Waals surface area contributed by atoms with Gasteiger partial charge in [0.25, 0.3) is 15.9 Å². The molecule has 0 aliphatic carbocycles. The van der Waals surface area contributed by atoms with Crippen molar-refractivity contribution in [3.63, 3.8) is 0 Å². The Bertz CT molecular complexity index is 2490. The zero-order valence-corrected chi connectivity index (χ0v) is 30.2. The van der Waals surface area contributed by atoms with Crippen molar-refractivity contribution in [1.82, 2.24) is 35.0 Å². The fraction of sp³-hybridized carbons (Fsp3) is 0.154. The summed E-state index contributed by atoms with van der Waals surface area (Å²) in [6.45, 7) is 7.02. The number of hydrogen-bond acceptors (Lipinski definition) is 9. The summed E-state index contributed by atoms with van der Waals surface area (Å²) < 4.78 is 29.1. The van der Waals surface area contributed by atoms with Crippen molar-refractivity contribution in [2.75, 3.05) is 16.6 Å². The number of fused-ring (bicyclic) bond motifs is 2. The number of hydrogen-bond donors (Lipinski definition) is 5. The number of amides is 1. The van der Waals surface area contributed by atoms with Gasteiger partial charge in [0.2, 0.25) is 0 Å². The number of anilines is 2. The predicted octanol–water partition coefficient (Wildman–Crippen LogP) is 6.92. The van der Waals surface area contributed by atoms with Gasteiger partial charge in [-0.25, -0.2) is 28.8 Å². The van der Waals surface area contributed by atoms with Crippen LogP contribution in [0.15, 0.2) is 121 Å². The van der Waals surface area contributed by atoms with E-state index in [1.807, 2.05) is 25.5 Å². The molecule has 14 heteroatoms. The van der Waals surface area contributed by atoms with Crippen LogP contribution in [0.3, 0.4) is 0 Å². The first-order valence-electron chi connectivity index (χ1n) is 16.9. The van der Waals surface area contributed by atoms with Gasteiger partial charge in [-0.2, -0.15) is 0 Å². The molecule has 0 bridgehead atoms. The number of hydroxylamine groups is 1. The molecular formula is C39H39N9O4S. The molecular weight excluding hydrogens is 691 g/mol. The van der Waals surface area contributed by atoms with E-state index < -0.39 is 15.9 Å². The number of pyridine rings is 1. The summed E-state index contributed by atoms with van der Waals surface area (Å²) in [6.07, 6.45) is 10.9. The van der Waals surface area contributed by atoms with Crippen molar-refractivity contribution in [2.24, 2.45) is 0 Å². The standard InChI is InChI=1S/C24H25N7.C15H14N2O4S/c1-15(2)31-14-28-21-23(26-9-8-17-13-27-20-7-5-4-6-19(17)20)29-22(30-24(21)31)18-10-16(3)11-25-12-18;18-15(16-19)10-9-12-5-4-8-14(11-12)22(20,21)17-13-6-2-1-3-7-13/h4-7,10-15,27H,8-9H2,1-3H3,(H,26,29,30);1-11,17,19H,(H,16,18). The highest BCUT2D eigenvalue weighted by atomic mass is 32.2. The van der Waals surface area contributed by atoms with Crippen LogP contribution in [0, 0.1) is 6.92 Å². The molecule has 0 radical (unpaired) electrons. The lowest BCUT2D eigenvalue weighted by molar-refractivity contribution is -0.124. The normalized spacial score (nSPS) is 11.5. The minimum absolute atomic E-state index is 0.0721. The van der Waals surface area contributed by atoms with Crippen LogP contribution in [0.1, 0.15) is 36.6 Å². The number of carbonyl (C=O) groups is 1. The van der Waals surface area contributed by atoms with Gasteiger partial charge < -0.3 is 14.9 Å². The minimum Gasteiger partial charge on any atom is -0.368 e. The summed E-state index contributed by atoms with van der Waals surface area (Å²) in [5.74, 6) is 0.706. The average Bonchev–Trinajstić information content (AvgIpc) is 3.79. The van der Waals surface area contributed by atoms with E-state index in [-0.39, 0.29) is 10.9 Å². The first kappa shape index (κ1) is 36.4. The molecule has 5 N–H and O–H groups in total. The van der Waals surface area contributed by atoms with Crippen molar-refractivity contribution < 1.29 is 18.4 Å². The number of rotatable bonds is 11. The molecule has 4 heterocycles. The summed E-state index contributed by atoms with van der Waals surface area (Å²) in [5, 5.41) is 13.2. The molecule has 0 unspecified atom stereocenters. The summed E-state index contributed by atoms with van der Waals surface area (Å²) in [6, 6.07) is 25.3. The highest BCUT2D eigenvalue weighted by Gasteiger charge is 2.17. The molecule has 13 nitrogen and oxygen atoms in total. The summed E-state index contributed by atoms with van der Waals surface area (Å²) in [7, 11) is -3.71. The predicted molar refractivity (Wildman–Crippen MR) is 207 cm³/mol. The summed E-state index contributed by atoms with van der Waals surface area (Å²) in [5.41, 5.74) is 8.47. The van der Waals surface area contributed by atoms with Crippen LogP contribution >= 0.6 is 0 Å². The number of aromatic nitrogens is 6. The average molecular weight is 730 g/mol. The highest BCUT2D eigenvalue weighted by Crippen LogP contribution is 2.26. The molecule has 270 valence electrons. The maximum atomic E-state index is 12.3. The molecule has 7 aromatic rings. The molecule has 0 spiro atoms.